The Kier molecular flexibility index (Phi) is 5.23. The minimum atomic E-state index is -0.210. The second-order valence-corrected chi connectivity index (χ2v) is 5.61. The molecule has 0 saturated carbocycles. The van der Waals surface area contributed by atoms with Crippen LogP contribution in [0.2, 0.25) is 0 Å². The number of hydrogen-bond donors (Lipinski definition) is 1. The molecule has 1 amide bonds. The van der Waals surface area contributed by atoms with E-state index in [1.807, 2.05) is 12.1 Å². The van der Waals surface area contributed by atoms with Crippen molar-refractivity contribution in [3.63, 3.8) is 0 Å². The van der Waals surface area contributed by atoms with Crippen LogP contribution in [0.1, 0.15) is 21.7 Å². The number of aromatic nitrogens is 4. The maximum atomic E-state index is 12.5. The van der Waals surface area contributed by atoms with Crippen LogP contribution in [0, 0.1) is 6.92 Å². The molecule has 0 fully saturated rings. The molecule has 0 atom stereocenters. The van der Waals surface area contributed by atoms with Gasteiger partial charge in [0.05, 0.1) is 13.7 Å². The van der Waals surface area contributed by atoms with Gasteiger partial charge in [0.15, 0.2) is 5.82 Å². The van der Waals surface area contributed by atoms with Crippen LogP contribution in [0.3, 0.4) is 0 Å². The number of methoxy groups -OCH3 is 2. The second kappa shape index (κ2) is 7.75. The van der Waals surface area contributed by atoms with Crippen LogP contribution in [0.15, 0.2) is 42.5 Å². The summed E-state index contributed by atoms with van der Waals surface area (Å²) >= 11 is 0. The summed E-state index contributed by atoms with van der Waals surface area (Å²) in [5, 5.41) is 14.3. The first-order chi connectivity index (χ1) is 12.6. The quantitative estimate of drug-likeness (QED) is 0.732. The van der Waals surface area contributed by atoms with Crippen LogP contribution in [-0.2, 0) is 11.3 Å². The number of rotatable bonds is 6. The molecule has 0 unspecified atom stereocenters. The molecule has 8 heteroatoms. The van der Waals surface area contributed by atoms with Crippen molar-refractivity contribution in [3.8, 4) is 11.4 Å². The zero-order valence-electron chi connectivity index (χ0n) is 14.8. The average Bonchev–Trinajstić information content (AvgIpc) is 3.08. The highest BCUT2D eigenvalue weighted by Gasteiger charge is 2.13. The van der Waals surface area contributed by atoms with Crippen molar-refractivity contribution in [3.05, 3.63) is 59.4 Å². The van der Waals surface area contributed by atoms with Crippen LogP contribution < -0.4 is 10.1 Å². The van der Waals surface area contributed by atoms with Crippen LogP contribution >= 0.6 is 0 Å². The lowest BCUT2D eigenvalue weighted by atomic mass is 10.1. The number of nitrogens with one attached hydrogen (secondary N) is 1. The van der Waals surface area contributed by atoms with Gasteiger partial charge >= 0.3 is 0 Å². The molecule has 26 heavy (non-hydrogen) atoms. The topological polar surface area (TPSA) is 91.2 Å². The fraction of sp³-hybridized carbons (Fsp3) is 0.222. The number of carbonyl (C=O) groups is 1. The highest BCUT2D eigenvalue weighted by molar-refractivity contribution is 6.04. The van der Waals surface area contributed by atoms with Gasteiger partial charge in [-0.2, -0.15) is 4.68 Å². The normalized spacial score (nSPS) is 10.6. The number of carbonyl (C=O) groups excluding carboxylic acids is 1. The highest BCUT2D eigenvalue weighted by Crippen LogP contribution is 2.26. The summed E-state index contributed by atoms with van der Waals surface area (Å²) < 4.78 is 12.0. The van der Waals surface area contributed by atoms with Crippen molar-refractivity contribution in [2.45, 2.75) is 13.5 Å². The number of aryl methyl sites for hydroxylation is 1. The molecule has 0 radical (unpaired) electrons. The largest absolute Gasteiger partial charge is 0.494 e. The molecule has 1 aromatic heterocycles. The van der Waals surface area contributed by atoms with E-state index in [1.54, 1.807) is 56.2 Å². The van der Waals surface area contributed by atoms with Gasteiger partial charge in [0.25, 0.3) is 5.91 Å². The third kappa shape index (κ3) is 3.70. The highest BCUT2D eigenvalue weighted by atomic mass is 16.5. The fourth-order valence-corrected chi connectivity index (χ4v) is 2.51. The molecular weight excluding hydrogens is 334 g/mol. The summed E-state index contributed by atoms with van der Waals surface area (Å²) in [5.41, 5.74) is 2.82. The molecule has 0 spiro atoms. The van der Waals surface area contributed by atoms with Crippen LogP contribution in [-0.4, -0.2) is 40.3 Å². The Bertz CT molecular complexity index is 905. The van der Waals surface area contributed by atoms with E-state index in [1.165, 1.54) is 0 Å². The van der Waals surface area contributed by atoms with E-state index in [4.69, 9.17) is 9.47 Å². The number of tetrazole rings is 1. The predicted octanol–water partition coefficient (Wildman–Crippen LogP) is 2.38. The number of ether oxygens (including phenoxy) is 2. The lowest BCUT2D eigenvalue weighted by molar-refractivity contribution is 0.102. The van der Waals surface area contributed by atoms with E-state index >= 15 is 0 Å². The van der Waals surface area contributed by atoms with E-state index in [2.05, 4.69) is 20.8 Å². The molecule has 0 bridgehead atoms. The van der Waals surface area contributed by atoms with E-state index in [0.717, 1.165) is 5.56 Å². The first-order valence-corrected chi connectivity index (χ1v) is 7.95. The smallest absolute Gasteiger partial charge is 0.255 e. The molecule has 3 aromatic rings. The second-order valence-electron chi connectivity index (χ2n) is 5.61. The molecular formula is C18H19N5O3. The molecule has 3 rings (SSSR count). The van der Waals surface area contributed by atoms with Gasteiger partial charge in [-0.3, -0.25) is 4.79 Å². The van der Waals surface area contributed by atoms with Crippen molar-refractivity contribution >= 4 is 11.6 Å². The Morgan fingerprint density at radius 1 is 1.15 bits per heavy atom. The minimum absolute atomic E-state index is 0.210. The lowest BCUT2D eigenvalue weighted by Crippen LogP contribution is -2.12. The fourth-order valence-electron chi connectivity index (χ4n) is 2.51. The molecule has 1 N–H and O–H groups in total. The summed E-state index contributed by atoms with van der Waals surface area (Å²) in [4.78, 5) is 12.5. The first kappa shape index (κ1) is 17.6. The van der Waals surface area contributed by atoms with Gasteiger partial charge in [-0.05, 0) is 53.2 Å². The van der Waals surface area contributed by atoms with Gasteiger partial charge in [0.2, 0.25) is 0 Å². The number of nitrogens with zero attached hydrogens (tertiary/aromatic N) is 4. The summed E-state index contributed by atoms with van der Waals surface area (Å²) in [7, 11) is 3.20. The zero-order chi connectivity index (χ0) is 18.5. The first-order valence-electron chi connectivity index (χ1n) is 7.95. The summed E-state index contributed by atoms with van der Waals surface area (Å²) in [5.74, 6) is 1.00. The third-order valence-electron chi connectivity index (χ3n) is 3.82. The maximum absolute atomic E-state index is 12.5. The maximum Gasteiger partial charge on any atom is 0.255 e. The van der Waals surface area contributed by atoms with Gasteiger partial charge < -0.3 is 14.8 Å². The number of benzene rings is 2. The molecule has 8 nitrogen and oxygen atoms in total. The Morgan fingerprint density at radius 3 is 2.54 bits per heavy atom. The Labute approximate surface area is 150 Å². The van der Waals surface area contributed by atoms with Crippen molar-refractivity contribution in [1.29, 1.82) is 0 Å². The zero-order valence-corrected chi connectivity index (χ0v) is 14.8. The Balaban J connectivity index is 1.83. The van der Waals surface area contributed by atoms with E-state index in [0.29, 0.717) is 35.1 Å². The molecule has 0 aliphatic heterocycles. The monoisotopic (exact) mass is 353 g/mol. The van der Waals surface area contributed by atoms with Gasteiger partial charge in [-0.15, -0.1) is 5.10 Å². The SMILES string of the molecule is COCc1ccc(C(=O)Nc2ccc(OC)c(-n3nnnc3C)c2)cc1. The van der Waals surface area contributed by atoms with Gasteiger partial charge in [0.1, 0.15) is 11.4 Å². The van der Waals surface area contributed by atoms with Crippen molar-refractivity contribution in [1.82, 2.24) is 20.2 Å². The van der Waals surface area contributed by atoms with E-state index < -0.39 is 0 Å². The van der Waals surface area contributed by atoms with Crippen molar-refractivity contribution < 1.29 is 14.3 Å². The van der Waals surface area contributed by atoms with E-state index in [9.17, 15) is 4.79 Å². The van der Waals surface area contributed by atoms with Gasteiger partial charge in [0, 0.05) is 18.4 Å². The van der Waals surface area contributed by atoms with Gasteiger partial charge in [-0.25, -0.2) is 0 Å². The van der Waals surface area contributed by atoms with Crippen LogP contribution in [0.5, 0.6) is 5.75 Å². The summed E-state index contributed by atoms with van der Waals surface area (Å²) in [6, 6.07) is 12.5. The van der Waals surface area contributed by atoms with E-state index in [-0.39, 0.29) is 5.91 Å². The lowest BCUT2D eigenvalue weighted by Gasteiger charge is -2.12. The molecule has 1 heterocycles. The molecule has 0 saturated heterocycles. The van der Waals surface area contributed by atoms with Crippen molar-refractivity contribution in [2.24, 2.45) is 0 Å². The number of hydrogen-bond acceptors (Lipinski definition) is 6. The number of amides is 1. The molecule has 0 aliphatic rings. The Hall–Kier alpha value is -3.26. The molecule has 134 valence electrons. The molecule has 0 aliphatic carbocycles. The standard InChI is InChI=1S/C18H19N5O3/c1-12-20-21-22-23(12)16-10-15(8-9-17(16)26-3)19-18(24)14-6-4-13(5-7-14)11-25-2/h4-10H,11H2,1-3H3,(H,19,24). The summed E-state index contributed by atoms with van der Waals surface area (Å²) in [6.07, 6.45) is 0. The molecule has 2 aromatic carbocycles. The summed E-state index contributed by atoms with van der Waals surface area (Å²) in [6.45, 7) is 2.29. The van der Waals surface area contributed by atoms with Crippen LogP contribution in [0.4, 0.5) is 5.69 Å². The van der Waals surface area contributed by atoms with Crippen molar-refractivity contribution in [2.75, 3.05) is 19.5 Å². The predicted molar refractivity (Wildman–Crippen MR) is 95.6 cm³/mol. The third-order valence-corrected chi connectivity index (χ3v) is 3.82. The van der Waals surface area contributed by atoms with Gasteiger partial charge in [-0.1, -0.05) is 12.1 Å². The minimum Gasteiger partial charge on any atom is -0.494 e. The van der Waals surface area contributed by atoms with Crippen LogP contribution in [0.25, 0.3) is 5.69 Å². The average molecular weight is 353 g/mol. The number of anilines is 1. The Morgan fingerprint density at radius 2 is 1.92 bits per heavy atom.